The number of aryl methyl sites for hydroxylation is 1. The van der Waals surface area contributed by atoms with Crippen LogP contribution >= 0.6 is 12.2 Å². The van der Waals surface area contributed by atoms with Gasteiger partial charge in [0.15, 0.2) is 5.11 Å². The second-order valence-electron chi connectivity index (χ2n) is 5.80. The van der Waals surface area contributed by atoms with Crippen molar-refractivity contribution in [3.8, 4) is 0 Å². The first kappa shape index (κ1) is 18.6. The van der Waals surface area contributed by atoms with Crippen LogP contribution < -0.4 is 16.3 Å². The third-order valence-corrected chi connectivity index (χ3v) is 4.08. The molecule has 0 spiro atoms. The first-order valence-electron chi connectivity index (χ1n) is 8.36. The van der Waals surface area contributed by atoms with Crippen LogP contribution in [0, 0.1) is 6.92 Å². The van der Waals surface area contributed by atoms with E-state index in [9.17, 15) is 9.59 Å². The van der Waals surface area contributed by atoms with Gasteiger partial charge in [0, 0.05) is 23.2 Å². The summed E-state index contributed by atoms with van der Waals surface area (Å²) in [5.41, 5.74) is 2.50. The fraction of sp³-hybridized carbons (Fsp3) is 0.150. The summed E-state index contributed by atoms with van der Waals surface area (Å²) >= 11 is 5.34. The molecule has 0 aliphatic heterocycles. The van der Waals surface area contributed by atoms with Crippen LogP contribution in [0.25, 0.3) is 11.0 Å². The number of ether oxygens (including phenoxy) is 1. The van der Waals surface area contributed by atoms with Gasteiger partial charge in [-0.05, 0) is 55.9 Å². The molecule has 7 heteroatoms. The summed E-state index contributed by atoms with van der Waals surface area (Å²) in [6.45, 7) is 3.89. The number of fused-ring (bicyclic) bond motifs is 1. The zero-order valence-electron chi connectivity index (χ0n) is 14.9. The molecule has 0 aliphatic carbocycles. The molecule has 1 heterocycles. The van der Waals surface area contributed by atoms with Crippen LogP contribution in [0.4, 0.5) is 11.4 Å². The number of rotatable bonds is 4. The van der Waals surface area contributed by atoms with Gasteiger partial charge in [-0.1, -0.05) is 12.1 Å². The minimum Gasteiger partial charge on any atom is -0.462 e. The van der Waals surface area contributed by atoms with Crippen molar-refractivity contribution in [1.29, 1.82) is 0 Å². The van der Waals surface area contributed by atoms with Crippen LogP contribution in [-0.2, 0) is 4.74 Å². The van der Waals surface area contributed by atoms with E-state index in [-0.39, 0.29) is 6.61 Å². The molecule has 0 fully saturated rings. The van der Waals surface area contributed by atoms with Gasteiger partial charge < -0.3 is 19.8 Å². The summed E-state index contributed by atoms with van der Waals surface area (Å²) in [4.78, 5) is 23.6. The zero-order valence-corrected chi connectivity index (χ0v) is 15.7. The van der Waals surface area contributed by atoms with Crippen LogP contribution in [0.3, 0.4) is 0 Å². The predicted molar refractivity (Wildman–Crippen MR) is 109 cm³/mol. The lowest BCUT2D eigenvalue weighted by atomic mass is 10.1. The molecule has 0 atom stereocenters. The Hall–Kier alpha value is -3.19. The molecule has 0 aliphatic rings. The van der Waals surface area contributed by atoms with Crippen molar-refractivity contribution in [3.05, 3.63) is 70.1 Å². The van der Waals surface area contributed by atoms with Crippen molar-refractivity contribution in [2.75, 3.05) is 17.2 Å². The highest BCUT2D eigenvalue weighted by Crippen LogP contribution is 2.21. The van der Waals surface area contributed by atoms with E-state index in [4.69, 9.17) is 21.4 Å². The number of carbonyl (C=O) groups excluding carboxylic acids is 1. The molecule has 0 amide bonds. The van der Waals surface area contributed by atoms with E-state index in [1.807, 2.05) is 19.1 Å². The average Bonchev–Trinajstić information content (AvgIpc) is 2.61. The second kappa shape index (κ2) is 8.01. The minimum atomic E-state index is -0.425. The minimum absolute atomic E-state index is 0.289. The van der Waals surface area contributed by atoms with Crippen LogP contribution in [0.15, 0.2) is 57.7 Å². The maximum atomic E-state index is 12.0. The fourth-order valence-electron chi connectivity index (χ4n) is 2.67. The van der Waals surface area contributed by atoms with E-state index >= 15 is 0 Å². The Bertz CT molecular complexity index is 1080. The third kappa shape index (κ3) is 4.32. The van der Waals surface area contributed by atoms with Crippen molar-refractivity contribution in [3.63, 3.8) is 0 Å². The molecule has 0 radical (unpaired) electrons. The number of thiocarbonyl (C=S) groups is 1. The molecule has 138 valence electrons. The maximum Gasteiger partial charge on any atom is 0.340 e. The summed E-state index contributed by atoms with van der Waals surface area (Å²) in [6.07, 6.45) is 0. The molecule has 0 unspecified atom stereocenters. The summed E-state index contributed by atoms with van der Waals surface area (Å²) in [5.74, 6) is -0.425. The van der Waals surface area contributed by atoms with Gasteiger partial charge in [-0.15, -0.1) is 0 Å². The topological polar surface area (TPSA) is 80.6 Å². The highest BCUT2D eigenvalue weighted by molar-refractivity contribution is 7.80. The Morgan fingerprint density at radius 3 is 2.70 bits per heavy atom. The standard InChI is InChI=1S/C20H18N2O4S/c1-3-25-19(24)15-6-4-5-7-16(15)22-20(27)21-13-8-9-14-12(2)10-18(23)26-17(14)11-13/h4-11H,3H2,1-2H3,(H2,21,22,27). The van der Waals surface area contributed by atoms with Crippen LogP contribution in [0.1, 0.15) is 22.8 Å². The molecular weight excluding hydrogens is 364 g/mol. The number of esters is 1. The number of nitrogens with one attached hydrogen (secondary N) is 2. The second-order valence-corrected chi connectivity index (χ2v) is 6.21. The summed E-state index contributed by atoms with van der Waals surface area (Å²) in [7, 11) is 0. The molecule has 3 rings (SSSR count). The smallest absolute Gasteiger partial charge is 0.340 e. The quantitative estimate of drug-likeness (QED) is 0.400. The lowest BCUT2D eigenvalue weighted by molar-refractivity contribution is 0.0527. The fourth-order valence-corrected chi connectivity index (χ4v) is 2.89. The van der Waals surface area contributed by atoms with E-state index < -0.39 is 11.6 Å². The van der Waals surface area contributed by atoms with Gasteiger partial charge >= 0.3 is 11.6 Å². The van der Waals surface area contributed by atoms with Crippen molar-refractivity contribution in [2.24, 2.45) is 0 Å². The zero-order chi connectivity index (χ0) is 19.4. The van der Waals surface area contributed by atoms with Crippen molar-refractivity contribution in [1.82, 2.24) is 0 Å². The van der Waals surface area contributed by atoms with Gasteiger partial charge in [0.05, 0.1) is 17.9 Å². The molecule has 3 aromatic rings. The third-order valence-electron chi connectivity index (χ3n) is 3.88. The molecule has 0 bridgehead atoms. The first-order valence-corrected chi connectivity index (χ1v) is 8.77. The number of hydrogen-bond acceptors (Lipinski definition) is 5. The highest BCUT2D eigenvalue weighted by Gasteiger charge is 2.13. The molecule has 2 aromatic carbocycles. The van der Waals surface area contributed by atoms with E-state index in [0.29, 0.717) is 27.6 Å². The van der Waals surface area contributed by atoms with E-state index in [2.05, 4.69) is 10.6 Å². The summed E-state index contributed by atoms with van der Waals surface area (Å²) in [5, 5.41) is 7.17. The number of carbonyl (C=O) groups is 1. The Morgan fingerprint density at radius 2 is 1.93 bits per heavy atom. The lowest BCUT2D eigenvalue weighted by Gasteiger charge is -2.14. The largest absolute Gasteiger partial charge is 0.462 e. The summed E-state index contributed by atoms with van der Waals surface area (Å²) in [6, 6.07) is 13.8. The van der Waals surface area contributed by atoms with Gasteiger partial charge in [0.2, 0.25) is 0 Å². The Labute approximate surface area is 161 Å². The van der Waals surface area contributed by atoms with Crippen LogP contribution in [0.2, 0.25) is 0 Å². The van der Waals surface area contributed by atoms with Gasteiger partial charge in [-0.3, -0.25) is 0 Å². The molecule has 0 saturated carbocycles. The average molecular weight is 382 g/mol. The molecule has 6 nitrogen and oxygen atoms in total. The van der Waals surface area contributed by atoms with Crippen molar-refractivity contribution >= 4 is 45.6 Å². The maximum absolute atomic E-state index is 12.0. The number of benzene rings is 2. The van der Waals surface area contributed by atoms with Gasteiger partial charge in [-0.2, -0.15) is 0 Å². The Balaban J connectivity index is 1.80. The number of anilines is 2. The SMILES string of the molecule is CCOC(=O)c1ccccc1NC(=S)Nc1ccc2c(C)cc(=O)oc2c1. The Morgan fingerprint density at radius 1 is 1.15 bits per heavy atom. The van der Waals surface area contributed by atoms with E-state index in [1.165, 1.54) is 6.07 Å². The van der Waals surface area contributed by atoms with Gasteiger partial charge in [0.25, 0.3) is 0 Å². The number of hydrogen-bond donors (Lipinski definition) is 2. The Kier molecular flexibility index (Phi) is 5.52. The molecule has 0 saturated heterocycles. The molecule has 27 heavy (non-hydrogen) atoms. The molecule has 1 aromatic heterocycles. The van der Waals surface area contributed by atoms with Crippen molar-refractivity contribution in [2.45, 2.75) is 13.8 Å². The normalized spacial score (nSPS) is 10.4. The van der Waals surface area contributed by atoms with Crippen molar-refractivity contribution < 1.29 is 13.9 Å². The molecular formula is C20H18N2O4S. The van der Waals surface area contributed by atoms with E-state index in [0.717, 1.165) is 10.9 Å². The highest BCUT2D eigenvalue weighted by atomic mass is 32.1. The lowest BCUT2D eigenvalue weighted by Crippen LogP contribution is -2.21. The van der Waals surface area contributed by atoms with Gasteiger partial charge in [-0.25, -0.2) is 9.59 Å². The monoisotopic (exact) mass is 382 g/mol. The summed E-state index contributed by atoms with van der Waals surface area (Å²) < 4.78 is 10.3. The predicted octanol–water partition coefficient (Wildman–Crippen LogP) is 4.09. The van der Waals surface area contributed by atoms with E-state index in [1.54, 1.807) is 37.3 Å². The van der Waals surface area contributed by atoms with Crippen LogP contribution in [-0.4, -0.2) is 17.7 Å². The van der Waals surface area contributed by atoms with Gasteiger partial charge in [0.1, 0.15) is 5.58 Å². The number of para-hydroxylation sites is 1. The first-order chi connectivity index (χ1) is 13.0. The van der Waals surface area contributed by atoms with Crippen LogP contribution in [0.5, 0.6) is 0 Å². The molecule has 2 N–H and O–H groups in total.